The van der Waals surface area contributed by atoms with Crippen LogP contribution in [0.25, 0.3) is 0 Å². The lowest BCUT2D eigenvalue weighted by atomic mass is 10.1. The van der Waals surface area contributed by atoms with Crippen LogP contribution in [0.2, 0.25) is 0 Å². The second-order valence-corrected chi connectivity index (χ2v) is 6.44. The molecule has 0 saturated carbocycles. The molecule has 2 N–H and O–H groups in total. The number of primary amides is 1. The molecule has 2 aliphatic rings. The standard InChI is InChI=1S/C16H22N6O4/c1-9-10(2)22-12-13(18-15(22)20(9)6-5-7-26-4)19(3)16(25)21(14(12)24)8-11(17)23/h12H,5-8H2,1-4H3,(H-,17,23)/p+1. The Morgan fingerprint density at radius 3 is 2.65 bits per heavy atom. The molecule has 1 aromatic rings. The lowest BCUT2D eigenvalue weighted by molar-refractivity contribution is -0.689. The largest absolute Gasteiger partial charge is 0.402 e. The average molecular weight is 363 g/mol. The minimum Gasteiger partial charge on any atom is -0.385 e. The Kier molecular flexibility index (Phi) is 4.53. The van der Waals surface area contributed by atoms with Crippen molar-refractivity contribution in [2.75, 3.05) is 27.3 Å². The average Bonchev–Trinajstić information content (AvgIpc) is 3.08. The van der Waals surface area contributed by atoms with Crippen LogP contribution in [0.1, 0.15) is 23.9 Å². The van der Waals surface area contributed by atoms with Crippen LogP contribution in [0.5, 0.6) is 0 Å². The summed E-state index contributed by atoms with van der Waals surface area (Å²) in [7, 11) is 3.19. The summed E-state index contributed by atoms with van der Waals surface area (Å²) >= 11 is 0. The summed E-state index contributed by atoms with van der Waals surface area (Å²) in [4.78, 5) is 43.4. The van der Waals surface area contributed by atoms with Gasteiger partial charge in [-0.25, -0.2) is 13.9 Å². The van der Waals surface area contributed by atoms with Crippen molar-refractivity contribution in [2.24, 2.45) is 10.7 Å². The van der Waals surface area contributed by atoms with Gasteiger partial charge in [0.25, 0.3) is 5.91 Å². The van der Waals surface area contributed by atoms with Gasteiger partial charge >= 0.3 is 12.0 Å². The maximum atomic E-state index is 12.9. The van der Waals surface area contributed by atoms with Crippen LogP contribution in [0.4, 0.5) is 10.7 Å². The van der Waals surface area contributed by atoms with Crippen molar-refractivity contribution >= 4 is 29.6 Å². The van der Waals surface area contributed by atoms with Gasteiger partial charge in [0.1, 0.15) is 17.9 Å². The van der Waals surface area contributed by atoms with Gasteiger partial charge in [-0.05, 0) is 13.8 Å². The molecule has 1 atom stereocenters. The molecule has 0 spiro atoms. The van der Waals surface area contributed by atoms with Crippen molar-refractivity contribution in [2.45, 2.75) is 32.9 Å². The van der Waals surface area contributed by atoms with E-state index >= 15 is 0 Å². The molecule has 1 saturated heterocycles. The Hall–Kier alpha value is -2.75. The first-order valence-electron chi connectivity index (χ1n) is 8.35. The maximum Gasteiger partial charge on any atom is 0.402 e. The van der Waals surface area contributed by atoms with Crippen molar-refractivity contribution in [3.63, 3.8) is 0 Å². The number of nitrogens with zero attached hydrogens (tertiary/aromatic N) is 5. The first-order chi connectivity index (χ1) is 12.3. The monoisotopic (exact) mass is 363 g/mol. The van der Waals surface area contributed by atoms with Crippen LogP contribution in [0.15, 0.2) is 4.99 Å². The van der Waals surface area contributed by atoms with E-state index in [2.05, 4.69) is 4.99 Å². The van der Waals surface area contributed by atoms with E-state index in [-0.39, 0.29) is 0 Å². The van der Waals surface area contributed by atoms with Crippen LogP contribution < -0.4 is 10.3 Å². The number of carbonyl (C=O) groups is 3. The molecule has 10 nitrogen and oxygen atoms in total. The number of aromatic nitrogens is 2. The number of hydrogen-bond acceptors (Lipinski definition) is 5. The van der Waals surface area contributed by atoms with Gasteiger partial charge in [-0.1, -0.05) is 4.99 Å². The number of aliphatic imine (C=N–C) groups is 1. The Labute approximate surface area is 150 Å². The first-order valence-corrected chi connectivity index (χ1v) is 8.35. The number of imidazole rings is 1. The van der Waals surface area contributed by atoms with Crippen molar-refractivity contribution in [3.05, 3.63) is 11.4 Å². The minimum absolute atomic E-state index is 0.360. The number of ether oxygens (including phenoxy) is 1. The number of imide groups is 1. The molecule has 1 aromatic heterocycles. The zero-order chi connectivity index (χ0) is 19.2. The van der Waals surface area contributed by atoms with Crippen LogP contribution in [0.3, 0.4) is 0 Å². The molecule has 0 radical (unpaired) electrons. The quantitative estimate of drug-likeness (QED) is 0.536. The molecule has 1 fully saturated rings. The minimum atomic E-state index is -0.769. The lowest BCUT2D eigenvalue weighted by Gasteiger charge is -2.32. The number of fused-ring (bicyclic) bond motifs is 3. The van der Waals surface area contributed by atoms with E-state index in [0.717, 1.165) is 22.7 Å². The van der Waals surface area contributed by atoms with E-state index in [4.69, 9.17) is 10.5 Å². The molecule has 3 heterocycles. The summed E-state index contributed by atoms with van der Waals surface area (Å²) in [6, 6.07) is -1.37. The SMILES string of the molecule is COCCC[n+]1c(C)c(C)n2c1N=C1C2C(=O)N(CC(N)=O)C(=O)N1C. The zero-order valence-electron chi connectivity index (χ0n) is 15.4. The van der Waals surface area contributed by atoms with Gasteiger partial charge in [-0.3, -0.25) is 19.4 Å². The lowest BCUT2D eigenvalue weighted by Crippen LogP contribution is -2.59. The predicted molar refractivity (Wildman–Crippen MR) is 90.8 cm³/mol. The van der Waals surface area contributed by atoms with Crippen LogP contribution in [-0.2, 0) is 20.9 Å². The number of amidine groups is 1. The molecule has 1 unspecified atom stereocenters. The second kappa shape index (κ2) is 6.52. The van der Waals surface area contributed by atoms with Gasteiger partial charge in [0.15, 0.2) is 0 Å². The van der Waals surface area contributed by atoms with Crippen molar-refractivity contribution in [1.82, 2.24) is 14.4 Å². The van der Waals surface area contributed by atoms with Gasteiger partial charge in [0, 0.05) is 27.2 Å². The second-order valence-electron chi connectivity index (χ2n) is 6.44. The topological polar surface area (TPSA) is 114 Å². The van der Waals surface area contributed by atoms with E-state index < -0.39 is 30.4 Å². The third-order valence-corrected chi connectivity index (χ3v) is 4.87. The first kappa shape index (κ1) is 18.1. The molecule has 140 valence electrons. The Bertz CT molecular complexity index is 827. The molecular weight excluding hydrogens is 340 g/mol. The normalized spacial score (nSPS) is 18.9. The van der Waals surface area contributed by atoms with Gasteiger partial charge in [0.05, 0.1) is 6.54 Å². The smallest absolute Gasteiger partial charge is 0.385 e. The third kappa shape index (κ3) is 2.57. The predicted octanol–water partition coefficient (Wildman–Crippen LogP) is -0.607. The van der Waals surface area contributed by atoms with Crippen LogP contribution >= 0.6 is 0 Å². The van der Waals surface area contributed by atoms with Gasteiger partial charge < -0.3 is 10.5 Å². The highest BCUT2D eigenvalue weighted by molar-refractivity contribution is 6.21. The highest BCUT2D eigenvalue weighted by Crippen LogP contribution is 2.35. The Morgan fingerprint density at radius 1 is 1.35 bits per heavy atom. The Balaban J connectivity index is 2.05. The van der Waals surface area contributed by atoms with E-state index in [0.29, 0.717) is 24.9 Å². The van der Waals surface area contributed by atoms with Crippen molar-refractivity contribution < 1.29 is 23.7 Å². The number of carbonyl (C=O) groups excluding carboxylic acids is 3. The van der Waals surface area contributed by atoms with Crippen LogP contribution in [-0.4, -0.2) is 65.4 Å². The van der Waals surface area contributed by atoms with E-state index in [1.165, 1.54) is 4.90 Å². The summed E-state index contributed by atoms with van der Waals surface area (Å²) in [5, 5.41) is 0. The van der Waals surface area contributed by atoms with Gasteiger partial charge in [0.2, 0.25) is 17.8 Å². The summed E-state index contributed by atoms with van der Waals surface area (Å²) in [5.74, 6) is -0.260. The fraction of sp³-hybridized carbons (Fsp3) is 0.562. The number of nitrogens with two attached hydrogens (primary N) is 1. The highest BCUT2D eigenvalue weighted by atomic mass is 16.5. The van der Waals surface area contributed by atoms with E-state index in [1.807, 2.05) is 23.0 Å². The number of hydrogen-bond donors (Lipinski definition) is 1. The number of rotatable bonds is 6. The molecular formula is C16H23N6O4+. The molecule has 10 heteroatoms. The van der Waals surface area contributed by atoms with Crippen molar-refractivity contribution in [1.29, 1.82) is 0 Å². The number of methoxy groups -OCH3 is 1. The molecule has 26 heavy (non-hydrogen) atoms. The number of likely N-dealkylation sites (N-methyl/N-ethyl adjacent to an activating group) is 1. The number of amides is 4. The summed E-state index contributed by atoms with van der Waals surface area (Å²) < 4.78 is 8.94. The maximum absolute atomic E-state index is 12.9. The summed E-state index contributed by atoms with van der Waals surface area (Å²) in [5.41, 5.74) is 7.07. The molecule has 4 amide bonds. The van der Waals surface area contributed by atoms with Crippen LogP contribution in [0, 0.1) is 13.8 Å². The highest BCUT2D eigenvalue weighted by Gasteiger charge is 2.54. The van der Waals surface area contributed by atoms with E-state index in [1.54, 1.807) is 14.2 Å². The fourth-order valence-electron chi connectivity index (χ4n) is 3.44. The molecule has 2 aliphatic heterocycles. The summed E-state index contributed by atoms with van der Waals surface area (Å²) in [6.45, 7) is 4.72. The molecule has 0 aliphatic carbocycles. The molecule has 3 rings (SSSR count). The molecule has 0 aromatic carbocycles. The van der Waals surface area contributed by atoms with Gasteiger partial charge in [-0.15, -0.1) is 0 Å². The van der Waals surface area contributed by atoms with Gasteiger partial charge in [-0.2, -0.15) is 0 Å². The third-order valence-electron chi connectivity index (χ3n) is 4.87. The zero-order valence-corrected chi connectivity index (χ0v) is 15.4. The van der Waals surface area contributed by atoms with Crippen molar-refractivity contribution in [3.8, 4) is 0 Å². The fourth-order valence-corrected chi connectivity index (χ4v) is 3.44. The summed E-state index contributed by atoms with van der Waals surface area (Å²) in [6.07, 6.45) is 0.796. The Morgan fingerprint density at radius 2 is 2.04 bits per heavy atom. The number of urea groups is 1. The van der Waals surface area contributed by atoms with E-state index in [9.17, 15) is 14.4 Å². The molecule has 0 bridgehead atoms.